The van der Waals surface area contributed by atoms with Crippen molar-refractivity contribution in [1.29, 1.82) is 0 Å². The predicted octanol–water partition coefficient (Wildman–Crippen LogP) is 2.79. The van der Waals surface area contributed by atoms with E-state index in [4.69, 9.17) is 0 Å². The molecule has 18 heavy (non-hydrogen) atoms. The van der Waals surface area contributed by atoms with Crippen LogP contribution in [0.5, 0.6) is 0 Å². The van der Waals surface area contributed by atoms with Crippen molar-refractivity contribution >= 4 is 5.78 Å². The van der Waals surface area contributed by atoms with Gasteiger partial charge in [-0.15, -0.1) is 0 Å². The maximum Gasteiger partial charge on any atom is 0.178 e. The van der Waals surface area contributed by atoms with Gasteiger partial charge in [-0.3, -0.25) is 9.69 Å². The number of aryl methyl sites for hydroxylation is 2. The monoisotopic (exact) mass is 248 g/mol. The first-order chi connectivity index (χ1) is 8.47. The summed E-state index contributed by atoms with van der Waals surface area (Å²) < 4.78 is 0. The highest BCUT2D eigenvalue weighted by Crippen LogP contribution is 2.22. The number of aromatic nitrogens is 1. The van der Waals surface area contributed by atoms with E-state index in [-0.39, 0.29) is 5.78 Å². The summed E-state index contributed by atoms with van der Waals surface area (Å²) in [7, 11) is 0. The Morgan fingerprint density at radius 3 is 2.67 bits per heavy atom. The Morgan fingerprint density at radius 2 is 2.11 bits per heavy atom. The Morgan fingerprint density at radius 1 is 1.39 bits per heavy atom. The minimum absolute atomic E-state index is 0.249. The molecule has 0 aromatic carbocycles. The molecule has 0 radical (unpaired) electrons. The third-order valence-electron chi connectivity index (χ3n) is 4.24. The molecule has 0 bridgehead atoms. The summed E-state index contributed by atoms with van der Waals surface area (Å²) in [5, 5.41) is 0. The van der Waals surface area contributed by atoms with Gasteiger partial charge >= 0.3 is 0 Å². The van der Waals surface area contributed by atoms with E-state index in [9.17, 15) is 4.79 Å². The number of H-pyrrole nitrogens is 1. The number of carbonyl (C=O) groups is 1. The van der Waals surface area contributed by atoms with Crippen molar-refractivity contribution in [3.63, 3.8) is 0 Å². The molecule has 1 aromatic heterocycles. The van der Waals surface area contributed by atoms with Crippen molar-refractivity contribution in [3.8, 4) is 0 Å². The molecule has 2 heterocycles. The number of rotatable bonds is 3. The molecule has 2 rings (SSSR count). The second-order valence-electron chi connectivity index (χ2n) is 5.89. The number of nitrogens with one attached hydrogen (secondary N) is 1. The highest BCUT2D eigenvalue weighted by molar-refractivity contribution is 5.98. The number of ketones is 1. The molecule has 3 heteroatoms. The maximum atomic E-state index is 12.3. The lowest BCUT2D eigenvalue weighted by Gasteiger charge is -2.34. The number of Topliss-reactive ketones (excluding diaryl/α,β-unsaturated/α-hetero) is 1. The summed E-state index contributed by atoms with van der Waals surface area (Å²) in [5.41, 5.74) is 2.92. The van der Waals surface area contributed by atoms with Crippen molar-refractivity contribution in [2.45, 2.75) is 34.1 Å². The summed E-state index contributed by atoms with van der Waals surface area (Å²) in [6, 6.07) is 1.97. The van der Waals surface area contributed by atoms with E-state index in [1.165, 1.54) is 6.42 Å². The average molecular weight is 248 g/mol. The number of hydrogen-bond acceptors (Lipinski definition) is 2. The van der Waals surface area contributed by atoms with Gasteiger partial charge < -0.3 is 4.98 Å². The Kier molecular flexibility index (Phi) is 3.91. The van der Waals surface area contributed by atoms with Gasteiger partial charge in [-0.25, -0.2) is 0 Å². The summed E-state index contributed by atoms with van der Waals surface area (Å²) in [6.45, 7) is 11.2. The zero-order valence-electron chi connectivity index (χ0n) is 11.9. The van der Waals surface area contributed by atoms with Crippen LogP contribution in [0.1, 0.15) is 42.0 Å². The van der Waals surface area contributed by atoms with Crippen LogP contribution in [0.15, 0.2) is 6.07 Å². The van der Waals surface area contributed by atoms with Gasteiger partial charge in [0.15, 0.2) is 5.78 Å². The minimum atomic E-state index is 0.249. The van der Waals surface area contributed by atoms with Gasteiger partial charge in [0.2, 0.25) is 0 Å². The molecule has 1 N–H and O–H groups in total. The van der Waals surface area contributed by atoms with E-state index in [1.54, 1.807) is 0 Å². The first-order valence-corrected chi connectivity index (χ1v) is 6.89. The fourth-order valence-corrected chi connectivity index (χ4v) is 2.79. The molecule has 1 aliphatic rings. The third kappa shape index (κ3) is 2.83. The molecule has 1 saturated heterocycles. The zero-order valence-corrected chi connectivity index (χ0v) is 11.9. The van der Waals surface area contributed by atoms with Crippen molar-refractivity contribution in [3.05, 3.63) is 23.0 Å². The highest BCUT2D eigenvalue weighted by Gasteiger charge is 2.24. The fraction of sp³-hybridized carbons (Fsp3) is 0.667. The molecule has 3 nitrogen and oxygen atoms in total. The van der Waals surface area contributed by atoms with Crippen LogP contribution in [0.4, 0.5) is 0 Å². The van der Waals surface area contributed by atoms with Gasteiger partial charge in [0.1, 0.15) is 0 Å². The van der Waals surface area contributed by atoms with Gasteiger partial charge in [-0.05, 0) is 44.7 Å². The smallest absolute Gasteiger partial charge is 0.178 e. The van der Waals surface area contributed by atoms with Gasteiger partial charge in [0.25, 0.3) is 0 Å². The average Bonchev–Trinajstić information content (AvgIpc) is 2.63. The molecule has 1 fully saturated rings. The molecule has 1 aromatic rings. The second kappa shape index (κ2) is 5.27. The quantitative estimate of drug-likeness (QED) is 0.835. The Balaban J connectivity index is 1.98. The van der Waals surface area contributed by atoms with Crippen LogP contribution < -0.4 is 0 Å². The summed E-state index contributed by atoms with van der Waals surface area (Å²) in [5.74, 6) is 1.73. The number of aromatic amines is 1. The topological polar surface area (TPSA) is 36.1 Å². The molecule has 2 unspecified atom stereocenters. The lowest BCUT2D eigenvalue weighted by atomic mass is 9.88. The van der Waals surface area contributed by atoms with E-state index in [0.29, 0.717) is 12.5 Å². The van der Waals surface area contributed by atoms with Crippen molar-refractivity contribution < 1.29 is 4.79 Å². The van der Waals surface area contributed by atoms with E-state index >= 15 is 0 Å². The Bertz CT molecular complexity index is 436. The van der Waals surface area contributed by atoms with Crippen LogP contribution in [0.25, 0.3) is 0 Å². The van der Waals surface area contributed by atoms with Crippen LogP contribution >= 0.6 is 0 Å². The van der Waals surface area contributed by atoms with Crippen molar-refractivity contribution in [2.24, 2.45) is 11.8 Å². The SMILES string of the molecule is Cc1cc(C(=O)CN2CCC(C)C(C)C2)c(C)[nH]1. The number of hydrogen-bond donors (Lipinski definition) is 1. The Labute approximate surface area is 110 Å². The first-order valence-electron chi connectivity index (χ1n) is 6.89. The standard InChI is InChI=1S/C15H24N2O/c1-10-5-6-17(8-11(10)2)9-15(18)14-7-12(3)16-13(14)4/h7,10-11,16H,5-6,8-9H2,1-4H3. The summed E-state index contributed by atoms with van der Waals surface area (Å²) >= 11 is 0. The largest absolute Gasteiger partial charge is 0.362 e. The molecule has 1 aliphatic heterocycles. The Hall–Kier alpha value is -1.09. The van der Waals surface area contributed by atoms with E-state index in [0.717, 1.165) is 36.0 Å². The van der Waals surface area contributed by atoms with Crippen LogP contribution in [-0.2, 0) is 0 Å². The first kappa shape index (κ1) is 13.3. The van der Waals surface area contributed by atoms with E-state index in [1.807, 2.05) is 19.9 Å². The molecule has 100 valence electrons. The van der Waals surface area contributed by atoms with Gasteiger partial charge in [-0.2, -0.15) is 0 Å². The molecule has 0 amide bonds. The highest BCUT2D eigenvalue weighted by atomic mass is 16.1. The molecular formula is C15H24N2O. The number of carbonyl (C=O) groups excluding carboxylic acids is 1. The number of piperidine rings is 1. The molecule has 0 saturated carbocycles. The van der Waals surface area contributed by atoms with Gasteiger partial charge in [0, 0.05) is 23.5 Å². The maximum absolute atomic E-state index is 12.3. The van der Waals surface area contributed by atoms with Crippen LogP contribution in [0.3, 0.4) is 0 Å². The van der Waals surface area contributed by atoms with Crippen LogP contribution in [0, 0.1) is 25.7 Å². The van der Waals surface area contributed by atoms with Crippen molar-refractivity contribution in [1.82, 2.24) is 9.88 Å². The normalized spacial score (nSPS) is 25.3. The number of likely N-dealkylation sites (tertiary alicyclic amines) is 1. The van der Waals surface area contributed by atoms with Gasteiger partial charge in [0.05, 0.1) is 6.54 Å². The molecule has 2 atom stereocenters. The summed E-state index contributed by atoms with van der Waals surface area (Å²) in [6.07, 6.45) is 1.21. The predicted molar refractivity (Wildman–Crippen MR) is 74.0 cm³/mol. The summed E-state index contributed by atoms with van der Waals surface area (Å²) in [4.78, 5) is 17.8. The van der Waals surface area contributed by atoms with E-state index in [2.05, 4.69) is 23.7 Å². The zero-order chi connectivity index (χ0) is 13.3. The number of nitrogens with zero attached hydrogens (tertiary/aromatic N) is 1. The lowest BCUT2D eigenvalue weighted by molar-refractivity contribution is 0.0849. The van der Waals surface area contributed by atoms with Crippen molar-refractivity contribution in [2.75, 3.05) is 19.6 Å². The van der Waals surface area contributed by atoms with Crippen LogP contribution in [0.2, 0.25) is 0 Å². The molecule has 0 spiro atoms. The van der Waals surface area contributed by atoms with Crippen LogP contribution in [-0.4, -0.2) is 35.3 Å². The van der Waals surface area contributed by atoms with E-state index < -0.39 is 0 Å². The minimum Gasteiger partial charge on any atom is -0.362 e. The molecule has 0 aliphatic carbocycles. The fourth-order valence-electron chi connectivity index (χ4n) is 2.79. The van der Waals surface area contributed by atoms with Gasteiger partial charge in [-0.1, -0.05) is 13.8 Å². The second-order valence-corrected chi connectivity index (χ2v) is 5.89. The molecular weight excluding hydrogens is 224 g/mol. The lowest BCUT2D eigenvalue weighted by Crippen LogP contribution is -2.41. The third-order valence-corrected chi connectivity index (χ3v) is 4.24.